The van der Waals surface area contributed by atoms with Crippen LogP contribution < -0.4 is 14.4 Å². The Morgan fingerprint density at radius 1 is 1.13 bits per heavy atom. The number of aryl methyl sites for hydroxylation is 2. The maximum Gasteiger partial charge on any atom is 0.242 e. The van der Waals surface area contributed by atoms with Gasteiger partial charge < -0.3 is 19.3 Å². The van der Waals surface area contributed by atoms with E-state index in [1.807, 2.05) is 29.0 Å². The number of aromatic nitrogens is 1. The number of hydrogen-bond donors (Lipinski definition) is 0. The van der Waals surface area contributed by atoms with E-state index in [9.17, 15) is 4.79 Å². The lowest BCUT2D eigenvalue weighted by Crippen LogP contribution is -2.41. The molecule has 4 rings (SSSR count). The minimum Gasteiger partial charge on any atom is -0.493 e. The standard InChI is InChI=1S/C23H27N3O3S/c1-14-6-7-15(2)22-21(14)24-23(30-22)25(3)13-20(27)26-9-8-16-10-18(28-4)19(29-5)11-17(16)12-26/h6-7,10-11H,8-9,12-13H2,1-5H3. The number of amides is 1. The van der Waals surface area contributed by atoms with Crippen LogP contribution in [0.2, 0.25) is 0 Å². The number of hydrogen-bond acceptors (Lipinski definition) is 6. The third-order valence-electron chi connectivity index (χ3n) is 5.70. The molecule has 1 aliphatic heterocycles. The molecule has 2 aromatic carbocycles. The van der Waals surface area contributed by atoms with Gasteiger partial charge in [-0.15, -0.1) is 0 Å². The molecule has 2 heterocycles. The maximum absolute atomic E-state index is 13.0. The second kappa shape index (κ2) is 8.14. The topological polar surface area (TPSA) is 54.9 Å². The second-order valence-electron chi connectivity index (χ2n) is 7.77. The summed E-state index contributed by atoms with van der Waals surface area (Å²) in [7, 11) is 5.21. The van der Waals surface area contributed by atoms with Crippen LogP contribution in [-0.2, 0) is 17.8 Å². The van der Waals surface area contributed by atoms with Crippen molar-refractivity contribution in [3.63, 3.8) is 0 Å². The average molecular weight is 426 g/mol. The number of fused-ring (bicyclic) bond motifs is 2. The Hall–Kier alpha value is -2.80. The fourth-order valence-electron chi connectivity index (χ4n) is 3.88. The van der Waals surface area contributed by atoms with Crippen LogP contribution in [0.15, 0.2) is 24.3 Å². The Morgan fingerprint density at radius 3 is 2.47 bits per heavy atom. The highest BCUT2D eigenvalue weighted by Crippen LogP contribution is 2.34. The Labute approximate surface area is 181 Å². The van der Waals surface area contributed by atoms with Gasteiger partial charge in [-0.05, 0) is 54.7 Å². The van der Waals surface area contributed by atoms with Gasteiger partial charge in [0.15, 0.2) is 16.6 Å². The van der Waals surface area contributed by atoms with E-state index in [0.29, 0.717) is 25.4 Å². The number of methoxy groups -OCH3 is 2. The molecule has 0 fully saturated rings. The van der Waals surface area contributed by atoms with Crippen LogP contribution in [0.25, 0.3) is 10.2 Å². The molecule has 0 saturated carbocycles. The van der Waals surface area contributed by atoms with Crippen molar-refractivity contribution in [1.29, 1.82) is 0 Å². The number of rotatable bonds is 5. The third kappa shape index (κ3) is 3.69. The zero-order valence-corrected chi connectivity index (χ0v) is 18.9. The summed E-state index contributed by atoms with van der Waals surface area (Å²) in [4.78, 5) is 21.7. The number of thiazole rings is 1. The van der Waals surface area contributed by atoms with E-state index in [0.717, 1.165) is 33.9 Å². The summed E-state index contributed by atoms with van der Waals surface area (Å²) in [5.74, 6) is 1.53. The van der Waals surface area contributed by atoms with E-state index in [4.69, 9.17) is 14.5 Å². The maximum atomic E-state index is 13.0. The van der Waals surface area contributed by atoms with Crippen molar-refractivity contribution in [1.82, 2.24) is 9.88 Å². The van der Waals surface area contributed by atoms with Gasteiger partial charge in [-0.1, -0.05) is 23.5 Å². The average Bonchev–Trinajstić information content (AvgIpc) is 3.22. The lowest BCUT2D eigenvalue weighted by atomic mass is 9.98. The lowest BCUT2D eigenvalue weighted by Gasteiger charge is -2.31. The van der Waals surface area contributed by atoms with Crippen molar-refractivity contribution >= 4 is 32.6 Å². The summed E-state index contributed by atoms with van der Waals surface area (Å²) in [6, 6.07) is 8.23. The van der Waals surface area contributed by atoms with Gasteiger partial charge in [0.25, 0.3) is 0 Å². The van der Waals surface area contributed by atoms with Crippen molar-refractivity contribution in [3.05, 3.63) is 46.5 Å². The lowest BCUT2D eigenvalue weighted by molar-refractivity contribution is -0.130. The number of likely N-dealkylation sites (N-methyl/N-ethyl adjacent to an activating group) is 1. The first-order chi connectivity index (χ1) is 14.4. The fourth-order valence-corrected chi connectivity index (χ4v) is 4.95. The zero-order valence-electron chi connectivity index (χ0n) is 18.1. The molecule has 158 valence electrons. The summed E-state index contributed by atoms with van der Waals surface area (Å²) in [5, 5.41) is 0.875. The normalized spacial score (nSPS) is 13.3. The van der Waals surface area contributed by atoms with Crippen LogP contribution in [-0.4, -0.2) is 50.1 Å². The second-order valence-corrected chi connectivity index (χ2v) is 8.75. The third-order valence-corrected chi connectivity index (χ3v) is 7.01. The molecule has 0 aliphatic carbocycles. The zero-order chi connectivity index (χ0) is 21.4. The number of carbonyl (C=O) groups excluding carboxylic acids is 1. The minimum atomic E-state index is 0.102. The molecule has 0 bridgehead atoms. The first kappa shape index (κ1) is 20.5. The molecule has 0 radical (unpaired) electrons. The van der Waals surface area contributed by atoms with Crippen molar-refractivity contribution < 1.29 is 14.3 Å². The monoisotopic (exact) mass is 425 g/mol. The van der Waals surface area contributed by atoms with Crippen molar-refractivity contribution in [2.45, 2.75) is 26.8 Å². The van der Waals surface area contributed by atoms with Crippen molar-refractivity contribution in [3.8, 4) is 11.5 Å². The van der Waals surface area contributed by atoms with Crippen LogP contribution >= 0.6 is 11.3 Å². The largest absolute Gasteiger partial charge is 0.493 e. The van der Waals surface area contributed by atoms with Gasteiger partial charge in [0.1, 0.15) is 0 Å². The molecule has 6 nitrogen and oxygen atoms in total. The summed E-state index contributed by atoms with van der Waals surface area (Å²) in [5.41, 5.74) is 5.73. The van der Waals surface area contributed by atoms with Gasteiger partial charge in [0, 0.05) is 20.1 Å². The van der Waals surface area contributed by atoms with Crippen LogP contribution in [0.4, 0.5) is 5.13 Å². The molecule has 3 aromatic rings. The van der Waals surface area contributed by atoms with Gasteiger partial charge in [-0.2, -0.15) is 0 Å². The van der Waals surface area contributed by atoms with Gasteiger partial charge in [-0.3, -0.25) is 4.79 Å². The fraction of sp³-hybridized carbons (Fsp3) is 0.391. The van der Waals surface area contributed by atoms with Gasteiger partial charge in [0.2, 0.25) is 5.91 Å². The number of ether oxygens (including phenoxy) is 2. The Morgan fingerprint density at radius 2 is 1.80 bits per heavy atom. The van der Waals surface area contributed by atoms with E-state index in [1.165, 1.54) is 15.8 Å². The van der Waals surface area contributed by atoms with Gasteiger partial charge in [0.05, 0.1) is 31.0 Å². The van der Waals surface area contributed by atoms with Gasteiger partial charge in [-0.25, -0.2) is 4.98 Å². The molecular formula is C23H27N3O3S. The first-order valence-electron chi connectivity index (χ1n) is 10.0. The summed E-state index contributed by atoms with van der Waals surface area (Å²) in [6.45, 7) is 5.77. The summed E-state index contributed by atoms with van der Waals surface area (Å²) < 4.78 is 12.0. The van der Waals surface area contributed by atoms with Crippen LogP contribution in [0, 0.1) is 13.8 Å². The Bertz CT molecular complexity index is 1070. The van der Waals surface area contributed by atoms with Crippen LogP contribution in [0.3, 0.4) is 0 Å². The Kier molecular flexibility index (Phi) is 5.56. The van der Waals surface area contributed by atoms with Crippen LogP contribution in [0.1, 0.15) is 22.3 Å². The molecule has 0 N–H and O–H groups in total. The van der Waals surface area contributed by atoms with E-state index in [-0.39, 0.29) is 5.91 Å². The predicted octanol–water partition coefficient (Wildman–Crippen LogP) is 3.95. The minimum absolute atomic E-state index is 0.102. The van der Waals surface area contributed by atoms with E-state index >= 15 is 0 Å². The number of nitrogens with zero attached hydrogens (tertiary/aromatic N) is 3. The van der Waals surface area contributed by atoms with Crippen molar-refractivity contribution in [2.24, 2.45) is 0 Å². The Balaban J connectivity index is 1.49. The quantitative estimate of drug-likeness (QED) is 0.620. The molecular weight excluding hydrogens is 398 g/mol. The molecule has 0 saturated heterocycles. The van der Waals surface area contributed by atoms with E-state index in [1.54, 1.807) is 25.6 Å². The number of carbonyl (C=O) groups is 1. The SMILES string of the molecule is COc1cc2c(cc1OC)CN(C(=O)CN(C)c1nc3c(C)ccc(C)c3s1)CC2. The highest BCUT2D eigenvalue weighted by molar-refractivity contribution is 7.22. The molecule has 7 heteroatoms. The molecule has 1 aliphatic rings. The molecule has 0 atom stereocenters. The van der Waals surface area contributed by atoms with Crippen LogP contribution in [0.5, 0.6) is 11.5 Å². The predicted molar refractivity (Wildman–Crippen MR) is 121 cm³/mol. The van der Waals surface area contributed by atoms with Crippen molar-refractivity contribution in [2.75, 3.05) is 39.3 Å². The number of benzene rings is 2. The summed E-state index contributed by atoms with van der Waals surface area (Å²) in [6.07, 6.45) is 0.810. The molecule has 1 amide bonds. The highest BCUT2D eigenvalue weighted by Gasteiger charge is 2.24. The summed E-state index contributed by atoms with van der Waals surface area (Å²) >= 11 is 1.65. The van der Waals surface area contributed by atoms with E-state index < -0.39 is 0 Å². The van der Waals surface area contributed by atoms with E-state index in [2.05, 4.69) is 26.0 Å². The smallest absolute Gasteiger partial charge is 0.242 e. The molecule has 1 aromatic heterocycles. The molecule has 0 spiro atoms. The highest BCUT2D eigenvalue weighted by atomic mass is 32.1. The number of anilines is 1. The van der Waals surface area contributed by atoms with Gasteiger partial charge >= 0.3 is 0 Å². The molecule has 0 unspecified atom stereocenters. The molecule has 30 heavy (non-hydrogen) atoms. The first-order valence-corrected chi connectivity index (χ1v) is 10.8.